The van der Waals surface area contributed by atoms with Gasteiger partial charge in [-0.3, -0.25) is 0 Å². The molecule has 0 saturated heterocycles. The molecular formula is C12H11BrN4S2. The first-order chi connectivity index (χ1) is 9.10. The number of rotatable bonds is 2. The van der Waals surface area contributed by atoms with Gasteiger partial charge in [-0.05, 0) is 47.5 Å². The van der Waals surface area contributed by atoms with E-state index in [9.17, 15) is 0 Å². The van der Waals surface area contributed by atoms with Gasteiger partial charge in [-0.2, -0.15) is 0 Å². The maximum atomic E-state index is 5.60. The maximum Gasteiger partial charge on any atom is 0.173 e. The molecule has 0 aliphatic heterocycles. The van der Waals surface area contributed by atoms with Crippen LogP contribution in [0.3, 0.4) is 0 Å². The molecule has 7 heteroatoms. The van der Waals surface area contributed by atoms with Crippen LogP contribution in [0.4, 0.5) is 5.82 Å². The number of hydrogen-bond donors (Lipinski definition) is 2. The fourth-order valence-electron chi connectivity index (χ4n) is 1.90. The lowest BCUT2D eigenvalue weighted by atomic mass is 10.2. The van der Waals surface area contributed by atoms with E-state index in [1.165, 1.54) is 10.4 Å². The van der Waals surface area contributed by atoms with Crippen molar-refractivity contribution in [1.29, 1.82) is 0 Å². The van der Waals surface area contributed by atoms with E-state index in [1.54, 1.807) is 22.7 Å². The van der Waals surface area contributed by atoms with Crippen molar-refractivity contribution in [3.05, 3.63) is 26.4 Å². The maximum absolute atomic E-state index is 5.60. The van der Waals surface area contributed by atoms with Crippen LogP contribution in [0.5, 0.6) is 0 Å². The Morgan fingerprint density at radius 3 is 2.63 bits per heavy atom. The van der Waals surface area contributed by atoms with Crippen molar-refractivity contribution in [1.82, 2.24) is 9.97 Å². The lowest BCUT2D eigenvalue weighted by molar-refractivity contribution is 1.20. The van der Waals surface area contributed by atoms with Crippen LogP contribution in [-0.4, -0.2) is 9.97 Å². The topological polar surface area (TPSA) is 63.8 Å². The van der Waals surface area contributed by atoms with Gasteiger partial charge in [-0.15, -0.1) is 22.7 Å². The summed E-state index contributed by atoms with van der Waals surface area (Å²) in [5.74, 6) is 7.00. The second kappa shape index (κ2) is 4.82. The van der Waals surface area contributed by atoms with E-state index >= 15 is 0 Å². The smallest absolute Gasteiger partial charge is 0.173 e. The Morgan fingerprint density at radius 1 is 1.21 bits per heavy atom. The van der Waals surface area contributed by atoms with Crippen LogP contribution < -0.4 is 11.3 Å². The predicted molar refractivity (Wildman–Crippen MR) is 85.7 cm³/mol. The molecule has 0 aromatic carbocycles. The number of hydrogen-bond acceptors (Lipinski definition) is 6. The minimum absolute atomic E-state index is 0.686. The number of thiophene rings is 2. The zero-order valence-electron chi connectivity index (χ0n) is 10.3. The minimum atomic E-state index is 0.686. The third-order valence-corrected chi connectivity index (χ3v) is 5.68. The summed E-state index contributed by atoms with van der Waals surface area (Å²) in [4.78, 5) is 12.4. The summed E-state index contributed by atoms with van der Waals surface area (Å²) in [6, 6.07) is 4.00. The van der Waals surface area contributed by atoms with Crippen molar-refractivity contribution < 1.29 is 0 Å². The fourth-order valence-corrected chi connectivity index (χ4v) is 4.25. The molecule has 0 fully saturated rings. The Labute approximate surface area is 126 Å². The number of fused-ring (bicyclic) bond motifs is 1. The number of aromatic nitrogens is 2. The molecule has 0 unspecified atom stereocenters. The number of hydrazine groups is 1. The molecule has 3 N–H and O–H groups in total. The van der Waals surface area contributed by atoms with Crippen LogP contribution in [0, 0.1) is 13.8 Å². The molecule has 3 aromatic heterocycles. The van der Waals surface area contributed by atoms with Gasteiger partial charge in [0.1, 0.15) is 4.83 Å². The molecule has 0 saturated carbocycles. The number of aryl methyl sites for hydroxylation is 2. The highest BCUT2D eigenvalue weighted by Gasteiger charge is 2.15. The van der Waals surface area contributed by atoms with E-state index in [4.69, 9.17) is 5.84 Å². The van der Waals surface area contributed by atoms with E-state index in [2.05, 4.69) is 45.2 Å². The molecule has 98 valence electrons. The van der Waals surface area contributed by atoms with Crippen molar-refractivity contribution in [3.8, 4) is 10.7 Å². The molecule has 0 radical (unpaired) electrons. The predicted octanol–water partition coefficient (Wildman–Crippen LogP) is 4.08. The highest BCUT2D eigenvalue weighted by Crippen LogP contribution is 2.36. The van der Waals surface area contributed by atoms with Crippen LogP contribution in [-0.2, 0) is 0 Å². The summed E-state index contributed by atoms with van der Waals surface area (Å²) in [5, 5.41) is 1.02. The quantitative estimate of drug-likeness (QED) is 0.537. The first-order valence-electron chi connectivity index (χ1n) is 5.60. The third kappa shape index (κ3) is 2.16. The first kappa shape index (κ1) is 13.0. The second-order valence-corrected chi connectivity index (χ2v) is 7.77. The van der Waals surface area contributed by atoms with Gasteiger partial charge in [0.2, 0.25) is 0 Å². The molecule has 0 aliphatic rings. The van der Waals surface area contributed by atoms with Crippen molar-refractivity contribution in [2.24, 2.45) is 5.84 Å². The van der Waals surface area contributed by atoms with Gasteiger partial charge < -0.3 is 5.43 Å². The molecule has 0 aliphatic carbocycles. The number of nitrogens with two attached hydrogens (primary N) is 1. The normalized spacial score (nSPS) is 11.2. The van der Waals surface area contributed by atoms with Crippen LogP contribution >= 0.6 is 38.6 Å². The van der Waals surface area contributed by atoms with Crippen LogP contribution in [0.15, 0.2) is 15.9 Å². The van der Waals surface area contributed by atoms with Crippen molar-refractivity contribution in [3.63, 3.8) is 0 Å². The molecule has 0 spiro atoms. The van der Waals surface area contributed by atoms with Crippen LogP contribution in [0.2, 0.25) is 0 Å². The van der Waals surface area contributed by atoms with Gasteiger partial charge >= 0.3 is 0 Å². The van der Waals surface area contributed by atoms with E-state index in [0.29, 0.717) is 11.6 Å². The third-order valence-electron chi connectivity index (χ3n) is 2.96. The molecular weight excluding hydrogens is 344 g/mol. The van der Waals surface area contributed by atoms with Crippen molar-refractivity contribution in [2.45, 2.75) is 13.8 Å². The average Bonchev–Trinajstić information content (AvgIpc) is 2.94. The van der Waals surface area contributed by atoms with E-state index in [-0.39, 0.29) is 0 Å². The van der Waals surface area contributed by atoms with Crippen LogP contribution in [0.25, 0.3) is 20.9 Å². The van der Waals surface area contributed by atoms with Crippen molar-refractivity contribution >= 4 is 54.6 Å². The highest BCUT2D eigenvalue weighted by molar-refractivity contribution is 9.11. The Kier molecular flexibility index (Phi) is 3.30. The van der Waals surface area contributed by atoms with Gasteiger partial charge in [-0.25, -0.2) is 15.8 Å². The SMILES string of the molecule is Cc1sc2nc(-c3ccc(Br)s3)nc(NN)c2c1C. The second-order valence-electron chi connectivity index (χ2n) is 4.11. The molecule has 3 heterocycles. The largest absolute Gasteiger partial charge is 0.308 e. The minimum Gasteiger partial charge on any atom is -0.308 e. The lowest BCUT2D eigenvalue weighted by Crippen LogP contribution is -2.10. The number of halogens is 1. The number of nitrogens with zero attached hydrogens (tertiary/aromatic N) is 2. The summed E-state index contributed by atoms with van der Waals surface area (Å²) in [7, 11) is 0. The molecule has 3 rings (SSSR count). The van der Waals surface area contributed by atoms with Gasteiger partial charge in [0.25, 0.3) is 0 Å². The monoisotopic (exact) mass is 354 g/mol. The standard InChI is InChI=1S/C12H11BrN4S2/c1-5-6(2)18-12-9(5)11(17-14)15-10(16-12)7-3-4-8(13)19-7/h3-4H,14H2,1-2H3,(H,15,16,17). The summed E-state index contributed by atoms with van der Waals surface area (Å²) in [6.07, 6.45) is 0. The molecule has 0 atom stereocenters. The van der Waals surface area contributed by atoms with Gasteiger partial charge in [0, 0.05) is 4.88 Å². The van der Waals surface area contributed by atoms with Gasteiger partial charge in [-0.1, -0.05) is 0 Å². The molecule has 19 heavy (non-hydrogen) atoms. The summed E-state index contributed by atoms with van der Waals surface area (Å²) in [5.41, 5.74) is 3.88. The summed E-state index contributed by atoms with van der Waals surface area (Å²) in [6.45, 7) is 4.16. The number of nitrogen functional groups attached to an aromatic ring is 1. The number of nitrogens with one attached hydrogen (secondary N) is 1. The summed E-state index contributed by atoms with van der Waals surface area (Å²) < 4.78 is 1.06. The Hall–Kier alpha value is -1.02. The highest BCUT2D eigenvalue weighted by atomic mass is 79.9. The van der Waals surface area contributed by atoms with E-state index in [0.717, 1.165) is 18.9 Å². The van der Waals surface area contributed by atoms with Crippen LogP contribution in [0.1, 0.15) is 10.4 Å². The Balaban J connectivity index is 2.28. The van der Waals surface area contributed by atoms with Crippen molar-refractivity contribution in [2.75, 3.05) is 5.43 Å². The van der Waals surface area contributed by atoms with E-state index in [1.807, 2.05) is 12.1 Å². The first-order valence-corrected chi connectivity index (χ1v) is 8.03. The molecule has 0 amide bonds. The molecule has 3 aromatic rings. The molecule has 4 nitrogen and oxygen atoms in total. The average molecular weight is 355 g/mol. The van der Waals surface area contributed by atoms with E-state index < -0.39 is 0 Å². The number of anilines is 1. The zero-order valence-corrected chi connectivity index (χ0v) is 13.5. The Bertz CT molecular complexity index is 763. The summed E-state index contributed by atoms with van der Waals surface area (Å²) >= 11 is 6.73. The Morgan fingerprint density at radius 2 is 2.00 bits per heavy atom. The zero-order chi connectivity index (χ0) is 13.6. The van der Waals surface area contributed by atoms with Gasteiger partial charge in [0.15, 0.2) is 11.6 Å². The fraction of sp³-hybridized carbons (Fsp3) is 0.167. The van der Waals surface area contributed by atoms with Gasteiger partial charge in [0.05, 0.1) is 14.0 Å². The lowest BCUT2D eigenvalue weighted by Gasteiger charge is -2.04. The molecule has 0 bridgehead atoms.